The van der Waals surface area contributed by atoms with E-state index in [1.165, 1.54) is 12.1 Å². The molecule has 10 nitrogen and oxygen atoms in total. The molecule has 184 valence electrons. The number of halogens is 1. The molecule has 0 aliphatic heterocycles. The van der Waals surface area contributed by atoms with E-state index in [-0.39, 0.29) is 16.3 Å². The van der Waals surface area contributed by atoms with Crippen LogP contribution in [0.4, 0.5) is 30.4 Å². The Balaban J connectivity index is 1.68. The molecule has 2 aromatic carbocycles. The average Bonchev–Trinajstić information content (AvgIpc) is 3.23. The maximum absolute atomic E-state index is 13.9. The zero-order chi connectivity index (χ0) is 25.4. The summed E-state index contributed by atoms with van der Waals surface area (Å²) in [7, 11) is 1.57. The van der Waals surface area contributed by atoms with Crippen LogP contribution < -0.4 is 27.0 Å². The molecule has 0 unspecified atom stereocenters. The second-order valence-electron chi connectivity index (χ2n) is 7.47. The molecular formula is C23H25FN6O4S. The summed E-state index contributed by atoms with van der Waals surface area (Å²) in [6.45, 7) is 2.69. The molecule has 0 saturated carbocycles. The van der Waals surface area contributed by atoms with Gasteiger partial charge in [0.15, 0.2) is 0 Å². The number of amides is 5. The van der Waals surface area contributed by atoms with Crippen molar-refractivity contribution in [2.75, 3.05) is 36.2 Å². The monoisotopic (exact) mass is 500 g/mol. The molecule has 6 N–H and O–H groups in total. The summed E-state index contributed by atoms with van der Waals surface area (Å²) in [5.74, 6) is -1.29. The number of aromatic nitrogens is 1. The number of anilines is 3. The first-order valence-corrected chi connectivity index (χ1v) is 11.3. The third-order valence-electron chi connectivity index (χ3n) is 4.76. The van der Waals surface area contributed by atoms with Crippen LogP contribution in [0.15, 0.2) is 42.5 Å². The van der Waals surface area contributed by atoms with Crippen molar-refractivity contribution in [1.82, 2.24) is 9.69 Å². The van der Waals surface area contributed by atoms with Gasteiger partial charge in [-0.3, -0.25) is 10.1 Å². The van der Waals surface area contributed by atoms with Crippen LogP contribution in [0.3, 0.4) is 0 Å². The van der Waals surface area contributed by atoms with Crippen LogP contribution in [0.2, 0.25) is 0 Å². The first-order valence-electron chi connectivity index (χ1n) is 10.6. The van der Waals surface area contributed by atoms with E-state index in [0.29, 0.717) is 36.5 Å². The zero-order valence-corrected chi connectivity index (χ0v) is 19.9. The lowest BCUT2D eigenvalue weighted by atomic mass is 10.1. The normalized spacial score (nSPS) is 10.5. The smallest absolute Gasteiger partial charge is 0.323 e. The molecule has 1 aromatic heterocycles. The number of hydrogen-bond donors (Lipinski definition) is 5. The fraction of sp³-hybridized carbons (Fsp3) is 0.217. The molecular weight excluding hydrogens is 475 g/mol. The van der Waals surface area contributed by atoms with Gasteiger partial charge in [-0.2, -0.15) is 4.37 Å². The number of aryl methyl sites for hydroxylation is 1. The zero-order valence-electron chi connectivity index (χ0n) is 19.1. The molecule has 0 aliphatic rings. The number of rotatable bonds is 9. The molecule has 1 heterocycles. The number of nitrogens with two attached hydrogens (primary N) is 1. The lowest BCUT2D eigenvalue weighted by molar-refractivity contribution is 0.100. The Bertz CT molecular complexity index is 1220. The Morgan fingerprint density at radius 2 is 1.80 bits per heavy atom. The minimum absolute atomic E-state index is 0.0652. The van der Waals surface area contributed by atoms with Gasteiger partial charge in [-0.25, -0.2) is 14.0 Å². The molecule has 0 bridgehead atoms. The number of methoxy groups -OCH3 is 1. The van der Waals surface area contributed by atoms with E-state index in [1.807, 2.05) is 0 Å². The molecule has 5 amide bonds. The highest BCUT2D eigenvalue weighted by Crippen LogP contribution is 2.32. The minimum atomic E-state index is -0.745. The van der Waals surface area contributed by atoms with Gasteiger partial charge >= 0.3 is 12.1 Å². The topological polar surface area (TPSA) is 147 Å². The number of hydrogen-bond acceptors (Lipinski definition) is 6. The van der Waals surface area contributed by atoms with Crippen LogP contribution in [0, 0.1) is 12.7 Å². The van der Waals surface area contributed by atoms with E-state index in [2.05, 4.69) is 25.6 Å². The summed E-state index contributed by atoms with van der Waals surface area (Å²) in [6, 6.07) is 9.77. The average molecular weight is 501 g/mol. The van der Waals surface area contributed by atoms with Crippen molar-refractivity contribution in [3.05, 3.63) is 59.4 Å². The number of carbonyl (C=O) groups is 3. The van der Waals surface area contributed by atoms with Crippen molar-refractivity contribution >= 4 is 45.9 Å². The number of primary amides is 1. The van der Waals surface area contributed by atoms with Gasteiger partial charge in [0.2, 0.25) is 0 Å². The molecule has 0 radical (unpaired) electrons. The molecule has 12 heteroatoms. The molecule has 0 spiro atoms. The van der Waals surface area contributed by atoms with E-state index in [9.17, 15) is 18.8 Å². The van der Waals surface area contributed by atoms with Gasteiger partial charge < -0.3 is 26.4 Å². The van der Waals surface area contributed by atoms with Gasteiger partial charge in [0.1, 0.15) is 16.4 Å². The van der Waals surface area contributed by atoms with Crippen LogP contribution in [-0.2, 0) is 4.74 Å². The van der Waals surface area contributed by atoms with Crippen LogP contribution >= 0.6 is 11.5 Å². The quantitative estimate of drug-likeness (QED) is 0.280. The Kier molecular flexibility index (Phi) is 8.70. The molecule has 0 aliphatic carbocycles. The number of benzene rings is 2. The summed E-state index contributed by atoms with van der Waals surface area (Å²) >= 11 is 0.927. The third kappa shape index (κ3) is 6.98. The first-order chi connectivity index (χ1) is 16.8. The Hall–Kier alpha value is -4.03. The summed E-state index contributed by atoms with van der Waals surface area (Å²) in [5.41, 5.74) is 7.79. The first kappa shape index (κ1) is 25.6. The van der Waals surface area contributed by atoms with Crippen LogP contribution in [0.25, 0.3) is 11.3 Å². The Morgan fingerprint density at radius 1 is 1.06 bits per heavy atom. The lowest BCUT2D eigenvalue weighted by Crippen LogP contribution is -2.30. The van der Waals surface area contributed by atoms with Gasteiger partial charge in [0.05, 0.1) is 11.4 Å². The number of ether oxygens (including phenoxy) is 1. The van der Waals surface area contributed by atoms with Crippen LogP contribution in [0.5, 0.6) is 0 Å². The van der Waals surface area contributed by atoms with Crippen molar-refractivity contribution in [3.8, 4) is 11.3 Å². The Morgan fingerprint density at radius 3 is 2.49 bits per heavy atom. The number of urea groups is 2. The molecule has 3 aromatic rings. The number of carbonyl (C=O) groups excluding carboxylic acids is 3. The van der Waals surface area contributed by atoms with Crippen molar-refractivity contribution in [2.45, 2.75) is 13.3 Å². The summed E-state index contributed by atoms with van der Waals surface area (Å²) in [6.07, 6.45) is 0.638. The Labute approximate surface area is 205 Å². The summed E-state index contributed by atoms with van der Waals surface area (Å²) < 4.78 is 23.1. The minimum Gasteiger partial charge on any atom is -0.385 e. The van der Waals surface area contributed by atoms with Gasteiger partial charge in [0, 0.05) is 31.5 Å². The van der Waals surface area contributed by atoms with Gasteiger partial charge in [-0.05, 0) is 54.7 Å². The van der Waals surface area contributed by atoms with Crippen LogP contribution in [-0.4, -0.2) is 42.6 Å². The molecule has 35 heavy (non-hydrogen) atoms. The predicted molar refractivity (Wildman–Crippen MR) is 133 cm³/mol. The maximum atomic E-state index is 13.9. The molecule has 0 fully saturated rings. The van der Waals surface area contributed by atoms with Gasteiger partial charge in [0.25, 0.3) is 5.91 Å². The molecule has 0 saturated heterocycles. The fourth-order valence-corrected chi connectivity index (χ4v) is 3.90. The maximum Gasteiger partial charge on any atom is 0.323 e. The summed E-state index contributed by atoms with van der Waals surface area (Å²) in [4.78, 5) is 36.5. The molecule has 0 atom stereocenters. The van der Waals surface area contributed by atoms with Crippen molar-refractivity contribution < 1.29 is 23.5 Å². The van der Waals surface area contributed by atoms with Gasteiger partial charge in [-0.15, -0.1) is 0 Å². The van der Waals surface area contributed by atoms with E-state index >= 15 is 0 Å². The van der Waals surface area contributed by atoms with Crippen molar-refractivity contribution in [1.29, 1.82) is 0 Å². The van der Waals surface area contributed by atoms with E-state index in [1.54, 1.807) is 44.4 Å². The van der Waals surface area contributed by atoms with E-state index in [4.69, 9.17) is 10.5 Å². The third-order valence-corrected chi connectivity index (χ3v) is 5.53. The summed E-state index contributed by atoms with van der Waals surface area (Å²) in [5, 5.41) is 10.6. The molecule has 3 rings (SSSR count). The highest BCUT2D eigenvalue weighted by atomic mass is 32.1. The predicted octanol–water partition coefficient (Wildman–Crippen LogP) is 4.16. The number of nitrogens with one attached hydrogen (secondary N) is 4. The van der Waals surface area contributed by atoms with E-state index < -0.39 is 23.8 Å². The second kappa shape index (κ2) is 11.9. The lowest BCUT2D eigenvalue weighted by Gasteiger charge is -2.10. The highest BCUT2D eigenvalue weighted by molar-refractivity contribution is 7.11. The van der Waals surface area contributed by atoms with Crippen LogP contribution in [0.1, 0.15) is 22.3 Å². The second-order valence-corrected chi connectivity index (χ2v) is 8.24. The highest BCUT2D eigenvalue weighted by Gasteiger charge is 2.21. The largest absolute Gasteiger partial charge is 0.385 e. The van der Waals surface area contributed by atoms with E-state index in [0.717, 1.165) is 17.1 Å². The standard InChI is InChI=1S/C23H25FN6O4S/c1-13-4-9-16(24)17(12-13)28-23(33)27-15-7-5-14(6-8-15)19-18(20(25)31)21(35-30-19)29-22(32)26-10-3-11-34-2/h4-9,12H,3,10-11H2,1-2H3,(H2,25,31)(H2,26,29,32)(H2,27,28,33). The number of nitrogens with zero attached hydrogens (tertiary/aromatic N) is 1. The van der Waals surface area contributed by atoms with Gasteiger partial charge in [-0.1, -0.05) is 18.2 Å². The fourth-order valence-electron chi connectivity index (χ4n) is 3.10. The SMILES string of the molecule is COCCCNC(=O)Nc1snc(-c2ccc(NC(=O)Nc3cc(C)ccc3F)cc2)c1C(N)=O. The van der Waals surface area contributed by atoms with Crippen molar-refractivity contribution in [3.63, 3.8) is 0 Å². The van der Waals surface area contributed by atoms with Crippen molar-refractivity contribution in [2.24, 2.45) is 5.73 Å².